The molecule has 1 aliphatic carbocycles. The average Bonchev–Trinajstić information content (AvgIpc) is 3.70. The number of hydrogen-bond acceptors (Lipinski definition) is 9. The van der Waals surface area contributed by atoms with E-state index in [1.807, 2.05) is 20.8 Å². The zero-order valence-electron chi connectivity index (χ0n) is 30.0. The molecule has 51 heavy (non-hydrogen) atoms. The molecular formula is C37H52F3N7O4. The van der Waals surface area contributed by atoms with E-state index >= 15 is 0 Å². The first-order valence-corrected chi connectivity index (χ1v) is 18.3. The van der Waals surface area contributed by atoms with Gasteiger partial charge in [-0.1, -0.05) is 24.3 Å². The Bertz CT molecular complexity index is 1590. The molecule has 1 saturated carbocycles. The van der Waals surface area contributed by atoms with Crippen molar-refractivity contribution in [3.8, 4) is 11.1 Å². The van der Waals surface area contributed by atoms with Crippen LogP contribution in [-0.2, 0) is 16.0 Å². The van der Waals surface area contributed by atoms with Gasteiger partial charge in [0.1, 0.15) is 11.2 Å². The van der Waals surface area contributed by atoms with E-state index in [0.717, 1.165) is 75.0 Å². The summed E-state index contributed by atoms with van der Waals surface area (Å²) in [5.74, 6) is 0.178. The van der Waals surface area contributed by atoms with Crippen LogP contribution in [0.15, 0.2) is 36.7 Å². The summed E-state index contributed by atoms with van der Waals surface area (Å²) < 4.78 is 51.9. The monoisotopic (exact) mass is 715 g/mol. The van der Waals surface area contributed by atoms with Crippen molar-refractivity contribution < 1.29 is 32.5 Å². The first-order chi connectivity index (χ1) is 24.3. The molecule has 1 aromatic carbocycles. The van der Waals surface area contributed by atoms with Crippen LogP contribution in [0.4, 0.5) is 23.9 Å². The summed E-state index contributed by atoms with van der Waals surface area (Å²) in [6.45, 7) is 12.8. The minimum absolute atomic E-state index is 0.0539. The first kappa shape index (κ1) is 37.3. The predicted molar refractivity (Wildman–Crippen MR) is 190 cm³/mol. The Morgan fingerprint density at radius 2 is 1.69 bits per heavy atom. The van der Waals surface area contributed by atoms with Crippen LogP contribution in [0.1, 0.15) is 70.9 Å². The lowest BCUT2D eigenvalue weighted by Crippen LogP contribution is -2.47. The topological polar surface area (TPSA) is 108 Å². The number of aromatic nitrogens is 3. The lowest BCUT2D eigenvalue weighted by molar-refractivity contribution is -0.131. The Balaban J connectivity index is 1.01. The minimum Gasteiger partial charge on any atom is -0.444 e. The molecule has 1 atom stereocenters. The molecule has 0 bridgehead atoms. The van der Waals surface area contributed by atoms with Gasteiger partial charge < -0.3 is 29.4 Å². The van der Waals surface area contributed by atoms with Gasteiger partial charge in [0, 0.05) is 81.7 Å². The lowest BCUT2D eigenvalue weighted by atomic mass is 9.93. The molecule has 2 saturated heterocycles. The second-order valence-electron chi connectivity index (χ2n) is 15.2. The predicted octanol–water partition coefficient (Wildman–Crippen LogP) is 6.08. The molecule has 14 heteroatoms. The Kier molecular flexibility index (Phi) is 11.7. The summed E-state index contributed by atoms with van der Waals surface area (Å²) in [6, 6.07) is 8.70. The van der Waals surface area contributed by atoms with E-state index in [-0.39, 0.29) is 36.8 Å². The maximum atomic E-state index is 12.7. The quantitative estimate of drug-likeness (QED) is 0.244. The van der Waals surface area contributed by atoms with Crippen molar-refractivity contribution in [2.45, 2.75) is 95.9 Å². The largest absolute Gasteiger partial charge is 0.444 e. The van der Waals surface area contributed by atoms with Crippen molar-refractivity contribution in [2.75, 3.05) is 64.3 Å². The fourth-order valence-electron chi connectivity index (χ4n) is 7.20. The number of nitrogens with zero attached hydrogens (tertiary/aromatic N) is 6. The van der Waals surface area contributed by atoms with Gasteiger partial charge in [0.2, 0.25) is 5.95 Å². The molecule has 2 aliphatic heterocycles. The van der Waals surface area contributed by atoms with E-state index in [1.54, 1.807) is 11.1 Å². The number of ether oxygens (including phenoxy) is 2. The number of hydrogen-bond donors (Lipinski definition) is 2. The third-order valence-corrected chi connectivity index (χ3v) is 10.0. The van der Waals surface area contributed by atoms with Crippen LogP contribution >= 0.6 is 0 Å². The zero-order valence-corrected chi connectivity index (χ0v) is 30.0. The second kappa shape index (κ2) is 16.1. The molecule has 6 rings (SSSR count). The highest BCUT2D eigenvalue weighted by molar-refractivity contribution is 5.94. The fraction of sp³-hybridized carbons (Fsp3) is 0.649. The molecule has 4 heterocycles. The highest BCUT2D eigenvalue weighted by Crippen LogP contribution is 2.37. The van der Waals surface area contributed by atoms with Crippen LogP contribution in [0.25, 0.3) is 22.2 Å². The summed E-state index contributed by atoms with van der Waals surface area (Å²) >= 11 is 0. The molecule has 3 aliphatic rings. The number of amides is 1. The highest BCUT2D eigenvalue weighted by Gasteiger charge is 2.31. The number of halogens is 3. The van der Waals surface area contributed by atoms with Crippen molar-refractivity contribution in [2.24, 2.45) is 0 Å². The fourth-order valence-corrected chi connectivity index (χ4v) is 7.20. The molecule has 3 aromatic rings. The zero-order chi connectivity index (χ0) is 36.2. The van der Waals surface area contributed by atoms with Crippen LogP contribution in [0.2, 0.25) is 0 Å². The molecule has 3 fully saturated rings. The van der Waals surface area contributed by atoms with Gasteiger partial charge in [-0.15, -0.1) is 0 Å². The summed E-state index contributed by atoms with van der Waals surface area (Å²) in [5, 5.41) is 13.7. The molecule has 0 spiro atoms. The summed E-state index contributed by atoms with van der Waals surface area (Å²) in [7, 11) is 0. The van der Waals surface area contributed by atoms with Crippen molar-refractivity contribution >= 4 is 23.1 Å². The lowest BCUT2D eigenvalue weighted by Gasteiger charge is -2.34. The summed E-state index contributed by atoms with van der Waals surface area (Å²) in [6.07, 6.45) is 1.90. The van der Waals surface area contributed by atoms with Crippen molar-refractivity contribution in [1.29, 1.82) is 0 Å². The standard InChI is InChI=1S/C37H52F3N7O4/c1-36(2,3)51-35(49)46-15-12-30(24-46)50-21-20-44-16-18-45(19-17-44)23-26-4-6-27(7-5-26)32-25-47(28-8-10-29(48)11-9-28)33-31(32)22-42-34(43-33)41-14-13-37(38,39)40/h4-7,22,25,28-30,48H,8-21,23-24H2,1-3H3,(H,41,42,43). The number of aliphatic hydroxyl groups excluding tert-OH is 1. The maximum Gasteiger partial charge on any atom is 0.410 e. The minimum atomic E-state index is -4.25. The van der Waals surface area contributed by atoms with Gasteiger partial charge in [-0.05, 0) is 64.0 Å². The number of nitrogens with one attached hydrogen (secondary N) is 1. The van der Waals surface area contributed by atoms with Crippen molar-refractivity contribution in [3.05, 3.63) is 42.2 Å². The van der Waals surface area contributed by atoms with E-state index in [2.05, 4.69) is 60.1 Å². The Morgan fingerprint density at radius 1 is 0.980 bits per heavy atom. The Hall–Kier alpha value is -3.46. The number of fused-ring (bicyclic) bond motifs is 1. The Morgan fingerprint density at radius 3 is 2.37 bits per heavy atom. The maximum absolute atomic E-state index is 12.7. The van der Waals surface area contributed by atoms with Gasteiger partial charge in [-0.3, -0.25) is 9.80 Å². The number of likely N-dealkylation sites (tertiary alicyclic amines) is 1. The van der Waals surface area contributed by atoms with Gasteiger partial charge in [0.15, 0.2) is 0 Å². The normalized spacial score (nSPS) is 22.5. The molecule has 280 valence electrons. The van der Waals surface area contributed by atoms with Crippen molar-refractivity contribution in [1.82, 2.24) is 29.2 Å². The van der Waals surface area contributed by atoms with E-state index in [0.29, 0.717) is 38.2 Å². The number of anilines is 1. The first-order valence-electron chi connectivity index (χ1n) is 18.3. The number of aliphatic hydroxyl groups is 1. The number of piperazine rings is 1. The van der Waals surface area contributed by atoms with Gasteiger partial charge >= 0.3 is 12.3 Å². The molecule has 2 N–H and O–H groups in total. The second-order valence-corrected chi connectivity index (χ2v) is 15.2. The van der Waals surface area contributed by atoms with E-state index < -0.39 is 18.2 Å². The van der Waals surface area contributed by atoms with E-state index in [4.69, 9.17) is 9.47 Å². The number of carbonyl (C=O) groups is 1. The Labute approximate surface area is 298 Å². The average molecular weight is 716 g/mol. The molecule has 1 amide bonds. The van der Waals surface area contributed by atoms with Crippen LogP contribution < -0.4 is 5.32 Å². The molecule has 1 unspecified atom stereocenters. The van der Waals surface area contributed by atoms with Gasteiger partial charge in [0.05, 0.1) is 31.8 Å². The van der Waals surface area contributed by atoms with Crippen LogP contribution in [0.3, 0.4) is 0 Å². The highest BCUT2D eigenvalue weighted by atomic mass is 19.4. The van der Waals surface area contributed by atoms with E-state index in [1.165, 1.54) is 5.56 Å². The van der Waals surface area contributed by atoms with Crippen LogP contribution in [-0.4, -0.2) is 123 Å². The van der Waals surface area contributed by atoms with Gasteiger partial charge in [-0.25, -0.2) is 9.78 Å². The SMILES string of the molecule is CC(C)(C)OC(=O)N1CCC(OCCN2CCN(Cc3ccc(-c4cn(C5CCC(O)CC5)c5nc(NCCC(F)(F)F)ncc45)cc3)CC2)C1. The third kappa shape index (κ3) is 10.3. The van der Waals surface area contributed by atoms with Gasteiger partial charge in [-0.2, -0.15) is 18.2 Å². The molecule has 11 nitrogen and oxygen atoms in total. The summed E-state index contributed by atoms with van der Waals surface area (Å²) in [5.41, 5.74) is 3.43. The molecule has 0 radical (unpaired) electrons. The number of rotatable bonds is 11. The smallest absolute Gasteiger partial charge is 0.410 e. The third-order valence-electron chi connectivity index (χ3n) is 10.0. The molecule has 2 aromatic heterocycles. The molecular weight excluding hydrogens is 663 g/mol. The van der Waals surface area contributed by atoms with Gasteiger partial charge in [0.25, 0.3) is 0 Å². The van der Waals surface area contributed by atoms with Crippen molar-refractivity contribution in [3.63, 3.8) is 0 Å². The van der Waals surface area contributed by atoms with Crippen LogP contribution in [0.5, 0.6) is 0 Å². The van der Waals surface area contributed by atoms with Crippen LogP contribution in [0, 0.1) is 0 Å². The summed E-state index contributed by atoms with van der Waals surface area (Å²) in [4.78, 5) is 28.0. The number of alkyl halides is 3. The van der Waals surface area contributed by atoms with E-state index in [9.17, 15) is 23.1 Å². The number of carbonyl (C=O) groups excluding carboxylic acids is 1. The number of benzene rings is 1.